The highest BCUT2D eigenvalue weighted by molar-refractivity contribution is 6.31. The molecule has 106 valence electrons. The standard InChI is InChI=1S/C15H22ClNO2/c16-13-7-3-2-6-12(13)15(19)9-17-14-8-4-1-5-11(14)10-18/h2-3,6-7,11,14-15,17-19H,1,4-5,8-10H2/t11-,14-,15+/m0/s1. The van der Waals surface area contributed by atoms with Crippen LogP contribution in [0.15, 0.2) is 24.3 Å². The maximum atomic E-state index is 10.2. The first kappa shape index (κ1) is 14.8. The van der Waals surface area contributed by atoms with Crippen LogP contribution in [-0.2, 0) is 0 Å². The monoisotopic (exact) mass is 283 g/mol. The van der Waals surface area contributed by atoms with Crippen LogP contribution in [0.1, 0.15) is 37.4 Å². The molecule has 1 aromatic carbocycles. The fraction of sp³-hybridized carbons (Fsp3) is 0.600. The highest BCUT2D eigenvalue weighted by Crippen LogP contribution is 2.26. The summed E-state index contributed by atoms with van der Waals surface area (Å²) in [5.41, 5.74) is 0.757. The van der Waals surface area contributed by atoms with E-state index in [1.807, 2.05) is 18.2 Å². The average Bonchev–Trinajstić information content (AvgIpc) is 2.45. The molecule has 0 spiro atoms. The number of hydrogen-bond donors (Lipinski definition) is 3. The Morgan fingerprint density at radius 3 is 2.74 bits per heavy atom. The molecule has 1 aliphatic carbocycles. The lowest BCUT2D eigenvalue weighted by molar-refractivity contribution is 0.127. The van der Waals surface area contributed by atoms with Gasteiger partial charge in [0.1, 0.15) is 0 Å². The van der Waals surface area contributed by atoms with Crippen molar-refractivity contribution in [2.45, 2.75) is 37.8 Å². The lowest BCUT2D eigenvalue weighted by Crippen LogP contribution is -2.42. The summed E-state index contributed by atoms with van der Waals surface area (Å²) >= 11 is 6.07. The smallest absolute Gasteiger partial charge is 0.0928 e. The molecule has 19 heavy (non-hydrogen) atoms. The van der Waals surface area contributed by atoms with Gasteiger partial charge in [0.05, 0.1) is 6.10 Å². The minimum absolute atomic E-state index is 0.222. The van der Waals surface area contributed by atoms with Gasteiger partial charge in [0.25, 0.3) is 0 Å². The Balaban J connectivity index is 1.89. The fourth-order valence-corrected chi connectivity index (χ4v) is 3.07. The van der Waals surface area contributed by atoms with Gasteiger partial charge in [-0.1, -0.05) is 42.6 Å². The summed E-state index contributed by atoms with van der Waals surface area (Å²) in [6, 6.07) is 7.67. The van der Waals surface area contributed by atoms with E-state index in [4.69, 9.17) is 11.6 Å². The van der Waals surface area contributed by atoms with Crippen LogP contribution in [0, 0.1) is 5.92 Å². The van der Waals surface area contributed by atoms with Gasteiger partial charge in [0.15, 0.2) is 0 Å². The molecule has 0 saturated heterocycles. The van der Waals surface area contributed by atoms with Crippen LogP contribution in [0.5, 0.6) is 0 Å². The zero-order valence-corrected chi connectivity index (χ0v) is 11.8. The zero-order valence-electron chi connectivity index (χ0n) is 11.1. The second-order valence-corrected chi connectivity index (χ2v) is 5.69. The van der Waals surface area contributed by atoms with Crippen LogP contribution in [0.2, 0.25) is 5.02 Å². The Hall–Kier alpha value is -0.610. The fourth-order valence-electron chi connectivity index (χ4n) is 2.81. The molecule has 1 saturated carbocycles. The lowest BCUT2D eigenvalue weighted by atomic mass is 9.85. The molecule has 0 unspecified atom stereocenters. The minimum atomic E-state index is -0.602. The third-order valence-corrected chi connectivity index (χ3v) is 4.33. The van der Waals surface area contributed by atoms with Gasteiger partial charge < -0.3 is 15.5 Å². The van der Waals surface area contributed by atoms with Crippen molar-refractivity contribution in [3.63, 3.8) is 0 Å². The normalized spacial score (nSPS) is 25.2. The third-order valence-electron chi connectivity index (χ3n) is 3.98. The average molecular weight is 284 g/mol. The SMILES string of the molecule is OC[C@@H]1CCCC[C@@H]1NC[C@@H](O)c1ccccc1Cl. The Morgan fingerprint density at radius 2 is 2.00 bits per heavy atom. The molecule has 0 aromatic heterocycles. The molecule has 0 amide bonds. The van der Waals surface area contributed by atoms with Crippen molar-refractivity contribution in [3.05, 3.63) is 34.9 Å². The molecule has 1 aromatic rings. The summed E-state index contributed by atoms with van der Waals surface area (Å²) < 4.78 is 0. The van der Waals surface area contributed by atoms with Crippen molar-refractivity contribution < 1.29 is 10.2 Å². The summed E-state index contributed by atoms with van der Waals surface area (Å²) in [5, 5.41) is 23.5. The third kappa shape index (κ3) is 3.93. The van der Waals surface area contributed by atoms with Crippen LogP contribution in [0.4, 0.5) is 0 Å². The van der Waals surface area contributed by atoms with Crippen molar-refractivity contribution in [2.24, 2.45) is 5.92 Å². The molecule has 0 aliphatic heterocycles. The second kappa shape index (κ2) is 7.25. The first-order valence-corrected chi connectivity index (χ1v) is 7.37. The number of rotatable bonds is 5. The van der Waals surface area contributed by atoms with Crippen LogP contribution < -0.4 is 5.32 Å². The molecule has 1 fully saturated rings. The molecule has 3 nitrogen and oxygen atoms in total. The summed E-state index contributed by atoms with van der Waals surface area (Å²) in [4.78, 5) is 0. The van der Waals surface area contributed by atoms with Gasteiger partial charge in [0.2, 0.25) is 0 Å². The van der Waals surface area contributed by atoms with Gasteiger partial charge in [-0.25, -0.2) is 0 Å². The molecule has 3 N–H and O–H groups in total. The number of benzene rings is 1. The largest absolute Gasteiger partial charge is 0.396 e. The molecule has 3 atom stereocenters. The topological polar surface area (TPSA) is 52.5 Å². The number of hydrogen-bond acceptors (Lipinski definition) is 3. The lowest BCUT2D eigenvalue weighted by Gasteiger charge is -2.31. The first-order valence-electron chi connectivity index (χ1n) is 6.99. The molecule has 4 heteroatoms. The van der Waals surface area contributed by atoms with E-state index >= 15 is 0 Å². The van der Waals surface area contributed by atoms with Gasteiger partial charge in [-0.3, -0.25) is 0 Å². The van der Waals surface area contributed by atoms with E-state index in [-0.39, 0.29) is 6.61 Å². The van der Waals surface area contributed by atoms with Crippen molar-refractivity contribution in [3.8, 4) is 0 Å². The number of aliphatic hydroxyl groups is 2. The van der Waals surface area contributed by atoms with E-state index in [1.165, 1.54) is 12.8 Å². The minimum Gasteiger partial charge on any atom is -0.396 e. The zero-order chi connectivity index (χ0) is 13.7. The summed E-state index contributed by atoms with van der Waals surface area (Å²) in [6.45, 7) is 0.699. The van der Waals surface area contributed by atoms with Crippen LogP contribution in [-0.4, -0.2) is 29.4 Å². The highest BCUT2D eigenvalue weighted by atomic mass is 35.5. The number of aliphatic hydroxyl groups excluding tert-OH is 2. The first-order chi connectivity index (χ1) is 9.22. The molecule has 0 heterocycles. The molecular weight excluding hydrogens is 262 g/mol. The second-order valence-electron chi connectivity index (χ2n) is 5.28. The Labute approximate surface area is 119 Å². The Kier molecular flexibility index (Phi) is 5.64. The van der Waals surface area contributed by atoms with Gasteiger partial charge >= 0.3 is 0 Å². The van der Waals surface area contributed by atoms with Crippen LogP contribution in [0.25, 0.3) is 0 Å². The van der Waals surface area contributed by atoms with E-state index in [9.17, 15) is 10.2 Å². The van der Waals surface area contributed by atoms with E-state index in [0.717, 1.165) is 18.4 Å². The van der Waals surface area contributed by atoms with Gasteiger partial charge in [-0.2, -0.15) is 0 Å². The van der Waals surface area contributed by atoms with E-state index in [1.54, 1.807) is 6.07 Å². The Bertz CT molecular complexity index is 399. The maximum absolute atomic E-state index is 10.2. The Morgan fingerprint density at radius 1 is 1.26 bits per heavy atom. The molecule has 2 rings (SSSR count). The van der Waals surface area contributed by atoms with Crippen LogP contribution >= 0.6 is 11.6 Å². The van der Waals surface area contributed by atoms with E-state index in [0.29, 0.717) is 23.5 Å². The summed E-state index contributed by atoms with van der Waals surface area (Å²) in [6.07, 6.45) is 3.92. The molecular formula is C15H22ClNO2. The highest BCUT2D eigenvalue weighted by Gasteiger charge is 2.24. The maximum Gasteiger partial charge on any atom is 0.0928 e. The van der Waals surface area contributed by atoms with Crippen molar-refractivity contribution in [2.75, 3.05) is 13.2 Å². The molecule has 1 aliphatic rings. The summed E-state index contributed by atoms with van der Waals surface area (Å²) in [7, 11) is 0. The van der Waals surface area contributed by atoms with E-state index < -0.39 is 6.10 Å². The van der Waals surface area contributed by atoms with Crippen LogP contribution in [0.3, 0.4) is 0 Å². The summed E-state index contributed by atoms with van der Waals surface area (Å²) in [5.74, 6) is 0.312. The van der Waals surface area contributed by atoms with Crippen molar-refractivity contribution in [1.29, 1.82) is 0 Å². The van der Waals surface area contributed by atoms with Gasteiger partial charge in [-0.15, -0.1) is 0 Å². The van der Waals surface area contributed by atoms with Crippen molar-refractivity contribution in [1.82, 2.24) is 5.32 Å². The van der Waals surface area contributed by atoms with Gasteiger partial charge in [0, 0.05) is 29.8 Å². The molecule has 0 radical (unpaired) electrons. The quantitative estimate of drug-likeness (QED) is 0.778. The van der Waals surface area contributed by atoms with Crippen molar-refractivity contribution >= 4 is 11.6 Å². The predicted molar refractivity (Wildman–Crippen MR) is 77.2 cm³/mol. The number of halogens is 1. The predicted octanol–water partition coefficient (Wildman–Crippen LogP) is 2.51. The van der Waals surface area contributed by atoms with Gasteiger partial charge in [-0.05, 0) is 24.8 Å². The van der Waals surface area contributed by atoms with E-state index in [2.05, 4.69) is 5.32 Å². The molecule has 0 bridgehead atoms. The number of nitrogens with one attached hydrogen (secondary N) is 1.